The van der Waals surface area contributed by atoms with Crippen LogP contribution in [0, 0.1) is 0 Å². The lowest BCUT2D eigenvalue weighted by atomic mass is 9.99. The van der Waals surface area contributed by atoms with Crippen LogP contribution in [0.1, 0.15) is 0 Å². The molecule has 3 nitrogen and oxygen atoms in total. The van der Waals surface area contributed by atoms with Gasteiger partial charge in [0.05, 0.1) is 44.2 Å². The highest BCUT2D eigenvalue weighted by atomic mass is 32.1. The highest BCUT2D eigenvalue weighted by Crippen LogP contribution is 2.56. The summed E-state index contributed by atoms with van der Waals surface area (Å²) in [5, 5.41) is 14.8. The average Bonchev–Trinajstić information content (AvgIpc) is 4.12. The topological polar surface area (TPSA) is 11.4 Å². The number of anilines is 6. The zero-order valence-electron chi connectivity index (χ0n) is 38.3. The van der Waals surface area contributed by atoms with Crippen LogP contribution in [0.4, 0.5) is 34.1 Å². The first-order valence-corrected chi connectivity index (χ1v) is 25.8. The second-order valence-electron chi connectivity index (χ2n) is 18.4. The number of nitrogens with zero attached hydrogens (tertiary/aromatic N) is 3. The quantitative estimate of drug-likeness (QED) is 0.158. The monoisotopic (exact) mass is 939 g/mol. The Morgan fingerprint density at radius 1 is 0.282 bits per heavy atom. The van der Waals surface area contributed by atoms with Gasteiger partial charge in [0.1, 0.15) is 0 Å². The summed E-state index contributed by atoms with van der Waals surface area (Å²) in [7, 11) is 0. The molecule has 0 fully saturated rings. The molecule has 3 heterocycles. The minimum absolute atomic E-state index is 1.11. The molecule has 5 heteroatoms. The largest absolute Gasteiger partial charge is 0.309 e. The Hall–Kier alpha value is -8.74. The van der Waals surface area contributed by atoms with Crippen molar-refractivity contribution in [2.45, 2.75) is 0 Å². The second kappa shape index (κ2) is 15.9. The van der Waals surface area contributed by atoms with E-state index in [0.29, 0.717) is 0 Å². The van der Waals surface area contributed by atoms with Crippen LogP contribution in [0.5, 0.6) is 0 Å². The molecule has 0 saturated carbocycles. The molecular formula is C66H41N3S2. The molecule has 0 aliphatic carbocycles. The summed E-state index contributed by atoms with van der Waals surface area (Å²) in [6.45, 7) is 0. The van der Waals surface area contributed by atoms with E-state index in [9.17, 15) is 0 Å². The molecule has 0 amide bonds. The molecule has 0 unspecified atom stereocenters. The number of para-hydroxylation sites is 2. The molecular weight excluding hydrogens is 899 g/mol. The van der Waals surface area contributed by atoms with Crippen molar-refractivity contribution in [1.82, 2.24) is 4.57 Å². The number of hydrogen-bond donors (Lipinski definition) is 0. The minimum Gasteiger partial charge on any atom is -0.309 e. The fourth-order valence-electron chi connectivity index (χ4n) is 11.5. The fraction of sp³-hybridized carbons (Fsp3) is 0. The SMILES string of the molecule is c1ccc(N(c2cccc3ccccc23)c2cc3c(c4c2sc2ccccc24)c2c4sc5ccccc5c4c(N(c4ccccc4)c4cccc5ccccc45)cc2n3-c2cccc3ccccc23)cc1. The molecule has 3 aromatic heterocycles. The fourth-order valence-corrected chi connectivity index (χ4v) is 14.0. The Bertz CT molecular complexity index is 4590. The highest BCUT2D eigenvalue weighted by molar-refractivity contribution is 7.27. The van der Waals surface area contributed by atoms with E-state index in [4.69, 9.17) is 0 Å². The van der Waals surface area contributed by atoms with Crippen molar-refractivity contribution in [3.05, 3.63) is 249 Å². The Morgan fingerprint density at radius 3 is 1.31 bits per heavy atom. The first-order chi connectivity index (χ1) is 35.3. The zero-order valence-corrected chi connectivity index (χ0v) is 40.0. The van der Waals surface area contributed by atoms with Crippen LogP contribution >= 0.6 is 22.7 Å². The van der Waals surface area contributed by atoms with Crippen LogP contribution < -0.4 is 9.80 Å². The maximum Gasteiger partial charge on any atom is 0.0661 e. The van der Waals surface area contributed by atoms with Gasteiger partial charge in [-0.15, -0.1) is 22.7 Å². The normalized spacial score (nSPS) is 11.9. The predicted octanol–water partition coefficient (Wildman–Crippen LogP) is 19.9. The summed E-state index contributed by atoms with van der Waals surface area (Å²) in [6, 6.07) is 91.7. The Morgan fingerprint density at radius 2 is 0.704 bits per heavy atom. The number of hydrogen-bond acceptors (Lipinski definition) is 4. The molecule has 15 aromatic rings. The standard InChI is InChI=1S/C66H41N3S2/c1-3-26-45(27-4-1)67(52-35-17-23-42-20-7-10-30-47(42)52)55-40-57-64(66-61(55)50-33-13-15-38-59(50)71-66)63-56(69(57)54-37-19-25-44-22-9-12-32-49(44)54)41-58(65-62(63)51-34-14-16-39-60(51)70-65)68(46-28-5-2-6-29-46)53-36-18-24-43-21-8-11-31-48(43)53/h1-41H. The Kier molecular flexibility index (Phi) is 9.00. The number of fused-ring (bicyclic) bond motifs is 14. The lowest BCUT2D eigenvalue weighted by Crippen LogP contribution is -2.11. The first-order valence-electron chi connectivity index (χ1n) is 24.2. The van der Waals surface area contributed by atoms with E-state index in [1.807, 2.05) is 22.7 Å². The molecule has 15 rings (SSSR count). The van der Waals surface area contributed by atoms with E-state index >= 15 is 0 Å². The number of aromatic nitrogens is 1. The van der Waals surface area contributed by atoms with Crippen molar-refractivity contribution >= 4 is 151 Å². The summed E-state index contributed by atoms with van der Waals surface area (Å²) in [5.41, 5.74) is 10.3. The van der Waals surface area contributed by atoms with Crippen molar-refractivity contribution in [2.24, 2.45) is 0 Å². The molecule has 332 valence electrons. The predicted molar refractivity (Wildman–Crippen MR) is 308 cm³/mol. The van der Waals surface area contributed by atoms with Crippen LogP contribution in [-0.2, 0) is 0 Å². The molecule has 12 aromatic carbocycles. The summed E-state index contributed by atoms with van der Waals surface area (Å²) in [6.07, 6.45) is 0. The molecule has 0 saturated heterocycles. The zero-order chi connectivity index (χ0) is 46.6. The Balaban J connectivity index is 1.19. The number of thiophene rings is 2. The number of benzene rings is 12. The van der Waals surface area contributed by atoms with E-state index in [-0.39, 0.29) is 0 Å². The van der Waals surface area contributed by atoms with Crippen LogP contribution in [-0.4, -0.2) is 4.57 Å². The third-order valence-corrected chi connectivity index (χ3v) is 16.9. The van der Waals surface area contributed by atoms with Gasteiger partial charge in [-0.2, -0.15) is 0 Å². The molecule has 0 N–H and O–H groups in total. The van der Waals surface area contributed by atoms with E-state index in [1.165, 1.54) is 83.4 Å². The van der Waals surface area contributed by atoms with E-state index < -0.39 is 0 Å². The third-order valence-electron chi connectivity index (χ3n) is 14.5. The second-order valence-corrected chi connectivity index (χ2v) is 20.5. The smallest absolute Gasteiger partial charge is 0.0661 e. The minimum atomic E-state index is 1.11. The van der Waals surface area contributed by atoms with Crippen LogP contribution in [0.2, 0.25) is 0 Å². The summed E-state index contributed by atoms with van der Waals surface area (Å²) >= 11 is 3.82. The van der Waals surface area contributed by atoms with Gasteiger partial charge in [0.25, 0.3) is 0 Å². The van der Waals surface area contributed by atoms with Gasteiger partial charge in [0, 0.05) is 74.0 Å². The van der Waals surface area contributed by atoms with Gasteiger partial charge in [-0.25, -0.2) is 0 Å². The van der Waals surface area contributed by atoms with Gasteiger partial charge in [0.15, 0.2) is 0 Å². The van der Waals surface area contributed by atoms with Gasteiger partial charge in [-0.1, -0.05) is 182 Å². The van der Waals surface area contributed by atoms with Crippen LogP contribution in [0.3, 0.4) is 0 Å². The van der Waals surface area contributed by atoms with Gasteiger partial charge in [-0.3, -0.25) is 0 Å². The van der Waals surface area contributed by atoms with Crippen LogP contribution in [0.25, 0.3) is 100 Å². The third kappa shape index (κ3) is 6.07. The summed E-state index contributed by atoms with van der Waals surface area (Å²) < 4.78 is 7.68. The lowest BCUT2D eigenvalue weighted by Gasteiger charge is -2.28. The van der Waals surface area contributed by atoms with E-state index in [2.05, 4.69) is 263 Å². The molecule has 0 aliphatic rings. The summed E-state index contributed by atoms with van der Waals surface area (Å²) in [4.78, 5) is 5.04. The van der Waals surface area contributed by atoms with Gasteiger partial charge < -0.3 is 14.4 Å². The molecule has 0 bridgehead atoms. The van der Waals surface area contributed by atoms with Gasteiger partial charge >= 0.3 is 0 Å². The van der Waals surface area contributed by atoms with Crippen molar-refractivity contribution in [2.75, 3.05) is 9.80 Å². The van der Waals surface area contributed by atoms with Gasteiger partial charge in [-0.05, 0) is 82.9 Å². The maximum absolute atomic E-state index is 2.61. The number of rotatable bonds is 7. The van der Waals surface area contributed by atoms with Crippen molar-refractivity contribution in [1.29, 1.82) is 0 Å². The molecule has 71 heavy (non-hydrogen) atoms. The maximum atomic E-state index is 2.61. The van der Waals surface area contributed by atoms with Crippen molar-refractivity contribution in [3.63, 3.8) is 0 Å². The van der Waals surface area contributed by atoms with E-state index in [0.717, 1.165) is 50.8 Å². The Labute approximate surface area is 417 Å². The van der Waals surface area contributed by atoms with Crippen LogP contribution in [0.15, 0.2) is 249 Å². The molecule has 0 spiro atoms. The lowest BCUT2D eigenvalue weighted by molar-refractivity contribution is 1.19. The van der Waals surface area contributed by atoms with Crippen molar-refractivity contribution < 1.29 is 0 Å². The summed E-state index contributed by atoms with van der Waals surface area (Å²) in [5.74, 6) is 0. The average molecular weight is 940 g/mol. The van der Waals surface area contributed by atoms with Crippen molar-refractivity contribution in [3.8, 4) is 5.69 Å². The molecule has 0 radical (unpaired) electrons. The highest BCUT2D eigenvalue weighted by Gasteiger charge is 2.30. The van der Waals surface area contributed by atoms with Gasteiger partial charge in [0.2, 0.25) is 0 Å². The molecule has 0 atom stereocenters. The van der Waals surface area contributed by atoms with E-state index in [1.54, 1.807) is 0 Å². The molecule has 0 aliphatic heterocycles. The first kappa shape index (κ1) is 40.2.